The van der Waals surface area contributed by atoms with Crippen molar-refractivity contribution >= 4 is 82.0 Å². The van der Waals surface area contributed by atoms with E-state index in [0.29, 0.717) is 29.3 Å². The lowest BCUT2D eigenvalue weighted by atomic mass is 10.0. The van der Waals surface area contributed by atoms with Gasteiger partial charge in [0.15, 0.2) is 5.96 Å². The van der Waals surface area contributed by atoms with E-state index < -0.39 is 158 Å². The normalized spacial score (nSPS) is 14.9. The lowest BCUT2D eigenvalue weighted by molar-refractivity contribution is -0.139. The van der Waals surface area contributed by atoms with Gasteiger partial charge in [0, 0.05) is 36.5 Å². The predicted octanol–water partition coefficient (Wildman–Crippen LogP) is -6.40. The number of carboxylic acids is 2. The van der Waals surface area contributed by atoms with Gasteiger partial charge in [-0.05, 0) is 82.9 Å². The van der Waals surface area contributed by atoms with Gasteiger partial charge in [0.25, 0.3) is 0 Å². The number of nitrogens with zero attached hydrogens (tertiary/aromatic N) is 1. The minimum absolute atomic E-state index is 0.0201. The fourth-order valence-electron chi connectivity index (χ4n) is 7.78. The number of aliphatic hydroxyl groups excluding tert-OH is 3. The van der Waals surface area contributed by atoms with Crippen LogP contribution in [0.4, 0.5) is 0 Å². The number of nitrogens with two attached hydrogens (primary N) is 4. The van der Waals surface area contributed by atoms with Crippen LogP contribution in [0.5, 0.6) is 0 Å². The van der Waals surface area contributed by atoms with E-state index in [1.165, 1.54) is 6.92 Å². The number of H-pyrrole nitrogens is 1. The summed E-state index contributed by atoms with van der Waals surface area (Å²) in [6, 6.07) is -6.97. The number of aromatic nitrogens is 1. The fraction of sp³-hybridized carbons (Fsp3) is 0.592. The van der Waals surface area contributed by atoms with Crippen LogP contribution in [-0.4, -0.2) is 195 Å². The van der Waals surface area contributed by atoms with E-state index in [-0.39, 0.29) is 57.1 Å². The Bertz CT molecular complexity index is 2470. The van der Waals surface area contributed by atoms with Crippen molar-refractivity contribution in [1.82, 2.24) is 52.8 Å². The smallest absolute Gasteiger partial charge is 0.322 e. The molecule has 0 radical (unpaired) electrons. The second-order valence-corrected chi connectivity index (χ2v) is 19.3. The molecule has 1 aromatic carbocycles. The molecule has 9 amide bonds. The first-order chi connectivity index (χ1) is 37.7. The van der Waals surface area contributed by atoms with Gasteiger partial charge in [-0.15, -0.1) is 0 Å². The highest BCUT2D eigenvalue weighted by atomic mass is 16.4. The third-order valence-electron chi connectivity index (χ3n) is 12.1. The largest absolute Gasteiger partial charge is 0.481 e. The molecular formula is C49H79N15O16. The summed E-state index contributed by atoms with van der Waals surface area (Å²) in [6.45, 7) is 3.27. The van der Waals surface area contributed by atoms with Crippen molar-refractivity contribution in [2.24, 2.45) is 33.8 Å². The molecule has 0 aliphatic heterocycles. The Labute approximate surface area is 460 Å². The lowest BCUT2D eigenvalue weighted by Gasteiger charge is -2.28. The number of benzene rings is 1. The van der Waals surface area contributed by atoms with Crippen molar-refractivity contribution < 1.29 is 78.3 Å². The highest BCUT2D eigenvalue weighted by molar-refractivity contribution is 5.99. The summed E-state index contributed by atoms with van der Waals surface area (Å²) in [5.41, 5.74) is 23.7. The molecule has 2 rings (SSSR count). The highest BCUT2D eigenvalue weighted by Gasteiger charge is 2.36. The van der Waals surface area contributed by atoms with Crippen LogP contribution in [0.3, 0.4) is 0 Å². The van der Waals surface area contributed by atoms with Crippen molar-refractivity contribution in [3.05, 3.63) is 36.0 Å². The number of aliphatic carboxylic acids is 2. The minimum atomic E-state index is -1.85. The van der Waals surface area contributed by atoms with Crippen LogP contribution >= 0.6 is 0 Å². The molecule has 0 unspecified atom stereocenters. The maximum absolute atomic E-state index is 14.3. The monoisotopic (exact) mass is 1130 g/mol. The third kappa shape index (κ3) is 23.9. The number of rotatable bonds is 37. The summed E-state index contributed by atoms with van der Waals surface area (Å²) in [5.74, 6) is -12.2. The number of carbonyl (C=O) groups excluding carboxylic acids is 9. The van der Waals surface area contributed by atoms with Gasteiger partial charge in [0.2, 0.25) is 53.2 Å². The number of amides is 9. The molecule has 0 aliphatic rings. The van der Waals surface area contributed by atoms with Gasteiger partial charge >= 0.3 is 11.9 Å². The molecule has 80 heavy (non-hydrogen) atoms. The van der Waals surface area contributed by atoms with Crippen LogP contribution in [0.25, 0.3) is 10.9 Å². The number of hydrogen-bond acceptors (Lipinski definition) is 17. The van der Waals surface area contributed by atoms with E-state index in [0.717, 1.165) is 6.92 Å². The van der Waals surface area contributed by atoms with Crippen molar-refractivity contribution in [1.29, 1.82) is 0 Å². The molecule has 0 saturated carbocycles. The van der Waals surface area contributed by atoms with Gasteiger partial charge in [-0.2, -0.15) is 0 Å². The average Bonchev–Trinajstić information content (AvgIpc) is 3.81. The Morgan fingerprint density at radius 2 is 1.11 bits per heavy atom. The van der Waals surface area contributed by atoms with E-state index in [2.05, 4.69) is 52.5 Å². The van der Waals surface area contributed by atoms with Crippen molar-refractivity contribution in [2.75, 3.05) is 32.8 Å². The van der Waals surface area contributed by atoms with E-state index in [1.54, 1.807) is 30.5 Å². The van der Waals surface area contributed by atoms with Gasteiger partial charge in [-0.1, -0.05) is 32.0 Å². The zero-order valence-corrected chi connectivity index (χ0v) is 45.1. The SMILES string of the molecule is CC(C)C[C@H](N)C(=O)N[C@@H](C)C(=O)N[C@H](C(=O)N[C@@H](CCC(=O)O)C(=O)N[C@@H](CCCCN)C(=O)N[C@@H](CO)C(=O)N[C@@H](CCCN=C(N)N)C(=O)N[C@@H](Cc1c[nH]c2ccccc12)C(=O)N[C@@H](CO)C(=O)NCC(=O)O)[C@@H](C)O. The number of guanidine groups is 1. The number of hydrogen-bond donors (Lipinski definition) is 19. The number of carboxylic acid groups (broad SMARTS) is 2. The summed E-state index contributed by atoms with van der Waals surface area (Å²) in [4.78, 5) is 152. The van der Waals surface area contributed by atoms with Gasteiger partial charge in [0.1, 0.15) is 54.9 Å². The maximum atomic E-state index is 14.3. The average molecular weight is 1130 g/mol. The molecule has 0 aliphatic carbocycles. The molecule has 0 spiro atoms. The number of carbonyl (C=O) groups is 11. The number of para-hydroxylation sites is 1. The van der Waals surface area contributed by atoms with Crippen LogP contribution in [0.2, 0.25) is 0 Å². The van der Waals surface area contributed by atoms with E-state index in [9.17, 15) is 73.2 Å². The molecular weight excluding hydrogens is 1050 g/mol. The minimum Gasteiger partial charge on any atom is -0.481 e. The van der Waals surface area contributed by atoms with Crippen LogP contribution in [0.15, 0.2) is 35.5 Å². The summed E-state index contributed by atoms with van der Waals surface area (Å²) in [7, 11) is 0. The van der Waals surface area contributed by atoms with E-state index in [4.69, 9.17) is 28.0 Å². The Balaban J connectivity index is 2.44. The second-order valence-electron chi connectivity index (χ2n) is 19.3. The molecule has 1 aromatic heterocycles. The first-order valence-electron chi connectivity index (χ1n) is 25.8. The molecule has 10 atom stereocenters. The maximum Gasteiger partial charge on any atom is 0.322 e. The van der Waals surface area contributed by atoms with Crippen LogP contribution in [-0.2, 0) is 59.2 Å². The Hall–Kier alpha value is -8.00. The number of unbranched alkanes of at least 4 members (excludes halogenated alkanes) is 1. The van der Waals surface area contributed by atoms with Gasteiger partial charge in [-0.25, -0.2) is 0 Å². The first kappa shape index (κ1) is 68.1. The molecule has 31 heteroatoms. The molecule has 1 heterocycles. The molecule has 0 saturated heterocycles. The van der Waals surface area contributed by atoms with Gasteiger partial charge in [0.05, 0.1) is 25.4 Å². The Morgan fingerprint density at radius 1 is 0.600 bits per heavy atom. The van der Waals surface area contributed by atoms with E-state index in [1.807, 2.05) is 19.2 Å². The predicted molar refractivity (Wildman–Crippen MR) is 287 cm³/mol. The molecule has 31 nitrogen and oxygen atoms in total. The summed E-state index contributed by atoms with van der Waals surface area (Å²) >= 11 is 0. The van der Waals surface area contributed by atoms with Gasteiger partial charge < -0.3 is 101 Å². The summed E-state index contributed by atoms with van der Waals surface area (Å²) < 4.78 is 0. The number of fused-ring (bicyclic) bond motifs is 1. The first-order valence-corrected chi connectivity index (χ1v) is 25.8. The van der Waals surface area contributed by atoms with E-state index >= 15 is 0 Å². The number of aromatic amines is 1. The summed E-state index contributed by atoms with van der Waals surface area (Å²) in [5, 5.41) is 71.2. The second kappa shape index (κ2) is 34.8. The van der Waals surface area contributed by atoms with Crippen molar-refractivity contribution in [2.45, 2.75) is 146 Å². The van der Waals surface area contributed by atoms with Crippen LogP contribution in [0, 0.1) is 5.92 Å². The lowest BCUT2D eigenvalue weighted by Crippen LogP contribution is -2.62. The number of aliphatic hydroxyl groups is 3. The Kier molecular flexibility index (Phi) is 29.6. The Morgan fingerprint density at radius 3 is 1.65 bits per heavy atom. The molecule has 23 N–H and O–H groups in total. The van der Waals surface area contributed by atoms with Crippen LogP contribution < -0.4 is 70.8 Å². The van der Waals surface area contributed by atoms with Gasteiger partial charge in [-0.3, -0.25) is 57.7 Å². The summed E-state index contributed by atoms with van der Waals surface area (Å²) in [6.07, 6.45) is -1.16. The standard InChI is InChI=1S/C49H79N15O16/c1-24(2)18-29(51)41(73)57-25(3)40(72)64-39(26(4)67)48(80)60-33(14-15-37(68)69)45(77)58-31(12-7-8-16-50)44(76)63-36(23-66)47(79)59-32(13-9-17-54-49(52)53)43(75)61-34(19-27-20-55-30-11-6-5-10-28(27)30)46(78)62-35(22-65)42(74)56-21-38(70)71/h5-6,10-11,20,24-26,29,31-36,39,55,65-67H,7-9,12-19,21-23,50-51H2,1-4H3,(H,56,74)(H,57,73)(H,58,77)(H,59,79)(H,60,80)(H,61,75)(H,62,78)(H,63,76)(H,64,72)(H,68,69)(H,70,71)(H4,52,53,54)/t25-,26+,29-,31-,32-,33-,34-,35-,36-,39-/m0/s1. The topological polar surface area (TPSA) is 529 Å². The third-order valence-corrected chi connectivity index (χ3v) is 12.1. The van der Waals surface area contributed by atoms with Crippen molar-refractivity contribution in [3.63, 3.8) is 0 Å². The molecule has 446 valence electrons. The molecule has 2 aromatic rings. The molecule has 0 fully saturated rings. The zero-order valence-electron chi connectivity index (χ0n) is 45.1. The number of aliphatic imine (C=N–C) groups is 1. The quantitative estimate of drug-likeness (QED) is 0.0170. The number of nitrogens with one attached hydrogen (secondary N) is 10. The highest BCUT2D eigenvalue weighted by Crippen LogP contribution is 2.20. The molecule has 0 bridgehead atoms. The van der Waals surface area contributed by atoms with Crippen molar-refractivity contribution in [3.8, 4) is 0 Å². The zero-order chi connectivity index (χ0) is 60.2. The van der Waals surface area contributed by atoms with Crippen LogP contribution in [0.1, 0.15) is 84.6 Å². The fourth-order valence-corrected chi connectivity index (χ4v) is 7.78.